The van der Waals surface area contributed by atoms with Crippen molar-refractivity contribution < 1.29 is 18.6 Å². The van der Waals surface area contributed by atoms with Crippen molar-refractivity contribution in [2.75, 3.05) is 6.61 Å². The van der Waals surface area contributed by atoms with Gasteiger partial charge in [0.05, 0.1) is 6.61 Å². The van der Waals surface area contributed by atoms with Gasteiger partial charge in [-0.05, 0) is 19.9 Å². The van der Waals surface area contributed by atoms with Gasteiger partial charge in [-0.2, -0.15) is 0 Å². The quantitative estimate of drug-likeness (QED) is 0.670. The van der Waals surface area contributed by atoms with Gasteiger partial charge in [-0.3, -0.25) is 0 Å². The van der Waals surface area contributed by atoms with E-state index in [1.165, 1.54) is 6.08 Å². The average Bonchev–Trinajstić information content (AvgIpc) is 1.97. The van der Waals surface area contributed by atoms with Gasteiger partial charge in [0.25, 0.3) is 5.92 Å². The Hall–Kier alpha value is -0.640. The molecule has 0 saturated heterocycles. The monoisotopic (exact) mass is 180 g/mol. The number of rotatable bonds is 4. The summed E-state index contributed by atoms with van der Waals surface area (Å²) in [6.45, 7) is 4.14. The molecule has 0 rings (SSSR count). The van der Waals surface area contributed by atoms with E-state index in [0.29, 0.717) is 6.92 Å². The van der Waals surface area contributed by atoms with E-state index >= 15 is 0 Å². The summed E-state index contributed by atoms with van der Waals surface area (Å²) in [6, 6.07) is 0. The molecule has 0 aliphatic rings. The zero-order valence-electron chi connectivity index (χ0n) is 7.47. The van der Waals surface area contributed by atoms with Crippen LogP contribution in [0.15, 0.2) is 11.8 Å². The molecule has 4 heteroatoms. The van der Waals surface area contributed by atoms with Crippen LogP contribution in [0.2, 0.25) is 0 Å². The lowest BCUT2D eigenvalue weighted by Crippen LogP contribution is -2.32. The van der Waals surface area contributed by atoms with Crippen LogP contribution in [0.4, 0.5) is 8.78 Å². The summed E-state index contributed by atoms with van der Waals surface area (Å²) in [4.78, 5) is 0. The van der Waals surface area contributed by atoms with Gasteiger partial charge >= 0.3 is 0 Å². The Morgan fingerprint density at radius 3 is 2.42 bits per heavy atom. The van der Waals surface area contributed by atoms with E-state index in [1.54, 1.807) is 13.8 Å². The van der Waals surface area contributed by atoms with Crippen LogP contribution in [0, 0.1) is 0 Å². The van der Waals surface area contributed by atoms with E-state index in [9.17, 15) is 8.78 Å². The minimum Gasteiger partial charge on any atom is -0.496 e. The molecule has 0 bridgehead atoms. The Kier molecular flexibility index (Phi) is 4.17. The minimum atomic E-state index is -3.16. The van der Waals surface area contributed by atoms with Gasteiger partial charge in [-0.25, -0.2) is 8.78 Å². The van der Waals surface area contributed by atoms with Gasteiger partial charge < -0.3 is 9.84 Å². The van der Waals surface area contributed by atoms with Crippen LogP contribution in [0.25, 0.3) is 0 Å². The first-order valence-corrected chi connectivity index (χ1v) is 3.78. The number of allylic oxidation sites excluding steroid dienone is 1. The van der Waals surface area contributed by atoms with Gasteiger partial charge in [0.1, 0.15) is 5.76 Å². The topological polar surface area (TPSA) is 29.5 Å². The lowest BCUT2D eigenvalue weighted by atomic mass is 10.2. The SMILES string of the molecule is C/C=C(\OCC)C(O)C(C)(F)F. The highest BCUT2D eigenvalue weighted by atomic mass is 19.3. The van der Waals surface area contributed by atoms with Crippen molar-refractivity contribution in [3.8, 4) is 0 Å². The highest BCUT2D eigenvalue weighted by molar-refractivity contribution is 5.02. The average molecular weight is 180 g/mol. The molecule has 12 heavy (non-hydrogen) atoms. The fourth-order valence-corrected chi connectivity index (χ4v) is 0.737. The molecule has 0 spiro atoms. The van der Waals surface area contributed by atoms with Crippen molar-refractivity contribution in [1.82, 2.24) is 0 Å². The summed E-state index contributed by atoms with van der Waals surface area (Å²) in [5.74, 6) is -3.23. The van der Waals surface area contributed by atoms with Crippen LogP contribution >= 0.6 is 0 Å². The molecule has 0 radical (unpaired) electrons. The fraction of sp³-hybridized carbons (Fsp3) is 0.750. The third kappa shape index (κ3) is 3.17. The molecule has 0 aromatic heterocycles. The van der Waals surface area contributed by atoms with Gasteiger partial charge in [0, 0.05) is 6.92 Å². The number of aliphatic hydroxyl groups excluding tert-OH is 1. The molecule has 0 saturated carbocycles. The van der Waals surface area contributed by atoms with Crippen molar-refractivity contribution in [1.29, 1.82) is 0 Å². The Morgan fingerprint density at radius 1 is 1.67 bits per heavy atom. The minimum absolute atomic E-state index is 0.0787. The molecule has 1 unspecified atom stereocenters. The zero-order valence-corrected chi connectivity index (χ0v) is 7.47. The Labute approximate surface area is 70.8 Å². The van der Waals surface area contributed by atoms with E-state index in [-0.39, 0.29) is 12.4 Å². The zero-order chi connectivity index (χ0) is 9.78. The predicted octanol–water partition coefficient (Wildman–Crippen LogP) is 1.94. The van der Waals surface area contributed by atoms with Crippen molar-refractivity contribution in [2.24, 2.45) is 0 Å². The van der Waals surface area contributed by atoms with Crippen LogP contribution in [0.5, 0.6) is 0 Å². The third-order valence-electron chi connectivity index (χ3n) is 1.35. The molecular formula is C8H14F2O2. The second-order valence-electron chi connectivity index (χ2n) is 2.48. The van der Waals surface area contributed by atoms with Gasteiger partial charge in [-0.15, -0.1) is 0 Å². The first-order chi connectivity index (χ1) is 5.43. The van der Waals surface area contributed by atoms with E-state index < -0.39 is 12.0 Å². The largest absolute Gasteiger partial charge is 0.496 e. The Bertz CT molecular complexity index is 161. The Morgan fingerprint density at radius 2 is 2.17 bits per heavy atom. The Balaban J connectivity index is 4.33. The molecule has 0 amide bonds. The number of hydrogen-bond donors (Lipinski definition) is 1. The van der Waals surface area contributed by atoms with Crippen molar-refractivity contribution in [3.63, 3.8) is 0 Å². The normalized spacial score (nSPS) is 16.0. The first-order valence-electron chi connectivity index (χ1n) is 3.78. The molecule has 0 aliphatic heterocycles. The van der Waals surface area contributed by atoms with Crippen LogP contribution in [-0.4, -0.2) is 23.7 Å². The van der Waals surface area contributed by atoms with Crippen molar-refractivity contribution in [3.05, 3.63) is 11.8 Å². The van der Waals surface area contributed by atoms with Crippen LogP contribution < -0.4 is 0 Å². The molecule has 1 atom stereocenters. The van der Waals surface area contributed by atoms with E-state index in [2.05, 4.69) is 0 Å². The summed E-state index contributed by atoms with van der Waals surface area (Å²) in [7, 11) is 0. The predicted molar refractivity (Wildman–Crippen MR) is 42.0 cm³/mol. The molecule has 0 aliphatic carbocycles. The molecular weight excluding hydrogens is 166 g/mol. The summed E-state index contributed by atoms with van der Waals surface area (Å²) in [5, 5.41) is 9.03. The number of halogens is 2. The van der Waals surface area contributed by atoms with Gasteiger partial charge in [0.15, 0.2) is 6.10 Å². The molecule has 0 fully saturated rings. The lowest BCUT2D eigenvalue weighted by Gasteiger charge is -2.20. The maximum atomic E-state index is 12.5. The highest BCUT2D eigenvalue weighted by Gasteiger charge is 2.35. The highest BCUT2D eigenvalue weighted by Crippen LogP contribution is 2.23. The van der Waals surface area contributed by atoms with Crippen LogP contribution in [0.1, 0.15) is 20.8 Å². The maximum absolute atomic E-state index is 12.5. The second kappa shape index (κ2) is 4.40. The van der Waals surface area contributed by atoms with Gasteiger partial charge in [-0.1, -0.05) is 0 Å². The van der Waals surface area contributed by atoms with Crippen molar-refractivity contribution >= 4 is 0 Å². The van der Waals surface area contributed by atoms with E-state index in [0.717, 1.165) is 0 Å². The number of hydrogen-bond acceptors (Lipinski definition) is 2. The fourth-order valence-electron chi connectivity index (χ4n) is 0.737. The molecule has 72 valence electrons. The molecule has 2 nitrogen and oxygen atoms in total. The standard InChI is InChI=1S/C8H14F2O2/c1-4-6(12-5-2)7(11)8(3,9)10/h4,7,11H,5H2,1-3H3/b6-4-. The summed E-state index contributed by atoms with van der Waals surface area (Å²) in [5.41, 5.74) is 0. The maximum Gasteiger partial charge on any atom is 0.277 e. The molecule has 1 N–H and O–H groups in total. The first kappa shape index (κ1) is 11.4. The van der Waals surface area contributed by atoms with E-state index in [4.69, 9.17) is 9.84 Å². The van der Waals surface area contributed by atoms with Crippen molar-refractivity contribution in [2.45, 2.75) is 32.8 Å². The lowest BCUT2D eigenvalue weighted by molar-refractivity contribution is -0.0952. The number of ether oxygens (including phenoxy) is 1. The third-order valence-corrected chi connectivity index (χ3v) is 1.35. The number of aliphatic hydroxyl groups is 1. The van der Waals surface area contributed by atoms with Crippen LogP contribution in [0.3, 0.4) is 0 Å². The second-order valence-corrected chi connectivity index (χ2v) is 2.48. The van der Waals surface area contributed by atoms with Gasteiger partial charge in [0.2, 0.25) is 0 Å². The van der Waals surface area contributed by atoms with E-state index in [1.807, 2.05) is 0 Å². The molecule has 0 aromatic rings. The smallest absolute Gasteiger partial charge is 0.277 e. The molecule has 0 aromatic carbocycles. The summed E-state index contributed by atoms with van der Waals surface area (Å²) >= 11 is 0. The number of alkyl halides is 2. The molecule has 0 heterocycles. The van der Waals surface area contributed by atoms with Crippen LogP contribution in [-0.2, 0) is 4.74 Å². The summed E-state index contributed by atoms with van der Waals surface area (Å²) in [6.07, 6.45) is -0.506. The summed E-state index contributed by atoms with van der Waals surface area (Å²) < 4.78 is 29.8.